The highest BCUT2D eigenvalue weighted by molar-refractivity contribution is 5.88. The van der Waals surface area contributed by atoms with Gasteiger partial charge in [-0.15, -0.1) is 0 Å². The van der Waals surface area contributed by atoms with E-state index in [0.717, 1.165) is 0 Å². The normalized spacial score (nSPS) is 25.7. The van der Waals surface area contributed by atoms with Crippen LogP contribution in [-0.4, -0.2) is 76.7 Å². The molecule has 4 atom stereocenters. The van der Waals surface area contributed by atoms with Crippen LogP contribution < -0.4 is 0 Å². The minimum atomic E-state index is -1.27. The summed E-state index contributed by atoms with van der Waals surface area (Å²) in [6.45, 7) is 1.27. The Kier molecular flexibility index (Phi) is 4.23. The lowest BCUT2D eigenvalue weighted by atomic mass is 10.1. The van der Waals surface area contributed by atoms with Crippen LogP contribution in [0.3, 0.4) is 0 Å². The molecule has 3 aromatic rings. The number of fused-ring (bicyclic) bond motifs is 3. The minimum Gasteiger partial charge on any atom is -0.394 e. The second-order valence-electron chi connectivity index (χ2n) is 6.37. The van der Waals surface area contributed by atoms with Crippen molar-refractivity contribution in [2.75, 3.05) is 6.61 Å². The van der Waals surface area contributed by atoms with Crippen LogP contribution in [-0.2, 0) is 14.3 Å². The van der Waals surface area contributed by atoms with Crippen molar-refractivity contribution in [2.45, 2.75) is 37.4 Å². The Morgan fingerprint density at radius 3 is 2.56 bits per heavy atom. The molecule has 0 bridgehead atoms. The molecule has 11 nitrogen and oxygen atoms in total. The van der Waals surface area contributed by atoms with Gasteiger partial charge in [0.15, 0.2) is 23.0 Å². The fourth-order valence-electron chi connectivity index (χ4n) is 3.36. The van der Waals surface area contributed by atoms with Crippen LogP contribution in [0.15, 0.2) is 12.7 Å². The molecule has 0 aliphatic carbocycles. The van der Waals surface area contributed by atoms with Crippen LogP contribution in [0.4, 0.5) is 0 Å². The second kappa shape index (κ2) is 6.46. The van der Waals surface area contributed by atoms with Crippen LogP contribution >= 0.6 is 0 Å². The maximum absolute atomic E-state index is 11.1. The van der Waals surface area contributed by atoms with Crippen molar-refractivity contribution >= 4 is 29.4 Å². The Hall–Kier alpha value is -2.73. The van der Waals surface area contributed by atoms with Gasteiger partial charge in [-0.25, -0.2) is 15.0 Å². The molecular formula is C16H17N5O6. The smallest absolute Gasteiger partial charge is 0.168 e. The second-order valence-corrected chi connectivity index (χ2v) is 6.37. The highest BCUT2D eigenvalue weighted by Gasteiger charge is 2.44. The number of aliphatic hydroxyl groups excluding tert-OH is 3. The molecule has 1 aliphatic rings. The number of imidazole rings is 2. The first-order valence-electron chi connectivity index (χ1n) is 8.25. The van der Waals surface area contributed by atoms with Crippen molar-refractivity contribution in [1.82, 2.24) is 23.9 Å². The lowest BCUT2D eigenvalue weighted by Crippen LogP contribution is -2.33. The minimum absolute atomic E-state index is 0.316. The molecule has 4 rings (SSSR count). The topological polar surface area (TPSA) is 152 Å². The number of carbonyl (C=O) groups is 2. The van der Waals surface area contributed by atoms with Crippen LogP contribution in [0.5, 0.6) is 0 Å². The zero-order valence-corrected chi connectivity index (χ0v) is 14.2. The number of aryl methyl sites for hydroxylation is 1. The molecule has 0 amide bonds. The standard InChI is InChI=1S/C16H17N5O6/c1-7-10(8(2-22)3-23)19-15-11-14(18-6-20(7)15)21(5-17-11)16-13(26)12(25)9(4-24)27-16/h2-3,5-6,8-9,12-13,16,24-26H,4H2,1H3/t9-,12-,13-,16-/m1/s1. The molecule has 0 saturated carbocycles. The van der Waals surface area contributed by atoms with Crippen LogP contribution in [0, 0.1) is 6.92 Å². The zero-order valence-electron chi connectivity index (χ0n) is 14.2. The average Bonchev–Trinajstić information content (AvgIpc) is 3.32. The van der Waals surface area contributed by atoms with Crippen molar-refractivity contribution in [3.63, 3.8) is 0 Å². The zero-order chi connectivity index (χ0) is 19.3. The van der Waals surface area contributed by atoms with E-state index >= 15 is 0 Å². The third-order valence-corrected chi connectivity index (χ3v) is 4.86. The van der Waals surface area contributed by atoms with Crippen molar-refractivity contribution in [1.29, 1.82) is 0 Å². The van der Waals surface area contributed by atoms with Gasteiger partial charge in [0.05, 0.1) is 18.6 Å². The van der Waals surface area contributed by atoms with Gasteiger partial charge in [-0.2, -0.15) is 0 Å². The summed E-state index contributed by atoms with van der Waals surface area (Å²) in [5.41, 5.74) is 2.01. The molecule has 3 N–H and O–H groups in total. The first-order valence-corrected chi connectivity index (χ1v) is 8.25. The fourth-order valence-corrected chi connectivity index (χ4v) is 3.36. The summed E-state index contributed by atoms with van der Waals surface area (Å²) in [4.78, 5) is 35.2. The Balaban J connectivity index is 1.85. The number of rotatable bonds is 5. The third kappa shape index (κ3) is 2.47. The maximum Gasteiger partial charge on any atom is 0.168 e. The van der Waals surface area contributed by atoms with Gasteiger partial charge in [0, 0.05) is 5.69 Å². The van der Waals surface area contributed by atoms with Crippen LogP contribution in [0.2, 0.25) is 0 Å². The number of aliphatic hydroxyl groups is 3. The number of hydrogen-bond acceptors (Lipinski definition) is 9. The molecule has 1 saturated heterocycles. The summed E-state index contributed by atoms with van der Waals surface area (Å²) in [6.07, 6.45) is -0.535. The Morgan fingerprint density at radius 1 is 1.19 bits per heavy atom. The van der Waals surface area contributed by atoms with E-state index in [0.29, 0.717) is 40.8 Å². The number of carbonyl (C=O) groups excluding carboxylic acids is 2. The number of ether oxygens (including phenoxy) is 1. The first-order chi connectivity index (χ1) is 13.0. The molecule has 0 aromatic carbocycles. The highest BCUT2D eigenvalue weighted by atomic mass is 16.6. The number of aromatic nitrogens is 5. The van der Waals surface area contributed by atoms with E-state index in [4.69, 9.17) is 4.74 Å². The van der Waals surface area contributed by atoms with Gasteiger partial charge in [-0.1, -0.05) is 0 Å². The largest absolute Gasteiger partial charge is 0.394 e. The molecule has 142 valence electrons. The highest BCUT2D eigenvalue weighted by Crippen LogP contribution is 2.32. The summed E-state index contributed by atoms with van der Waals surface area (Å²) in [5.74, 6) is -0.984. The van der Waals surface area contributed by atoms with Crippen LogP contribution in [0.1, 0.15) is 23.5 Å². The Morgan fingerprint density at radius 2 is 1.93 bits per heavy atom. The van der Waals surface area contributed by atoms with Crippen molar-refractivity contribution < 1.29 is 29.6 Å². The lowest BCUT2D eigenvalue weighted by Gasteiger charge is -2.16. The first kappa shape index (κ1) is 17.7. The van der Waals surface area contributed by atoms with Gasteiger partial charge in [0.1, 0.15) is 43.1 Å². The monoisotopic (exact) mass is 375 g/mol. The molecule has 0 spiro atoms. The molecule has 0 unspecified atom stereocenters. The predicted octanol–water partition coefficient (Wildman–Crippen LogP) is -1.52. The van der Waals surface area contributed by atoms with Crippen molar-refractivity contribution in [2.24, 2.45) is 0 Å². The average molecular weight is 375 g/mol. The molecule has 11 heteroatoms. The summed E-state index contributed by atoms with van der Waals surface area (Å²) in [6, 6.07) is 0. The summed E-state index contributed by atoms with van der Waals surface area (Å²) in [5, 5.41) is 29.4. The van der Waals surface area contributed by atoms with Gasteiger partial charge in [0.2, 0.25) is 0 Å². The third-order valence-electron chi connectivity index (χ3n) is 4.86. The number of nitrogens with zero attached hydrogens (tertiary/aromatic N) is 5. The fraction of sp³-hybridized carbons (Fsp3) is 0.438. The maximum atomic E-state index is 11.1. The summed E-state index contributed by atoms with van der Waals surface area (Å²) >= 11 is 0. The van der Waals surface area contributed by atoms with E-state index in [9.17, 15) is 24.9 Å². The number of aldehydes is 2. The van der Waals surface area contributed by atoms with E-state index in [1.54, 1.807) is 11.3 Å². The quantitative estimate of drug-likeness (QED) is 0.356. The van der Waals surface area contributed by atoms with Gasteiger partial charge >= 0.3 is 0 Å². The van der Waals surface area contributed by atoms with E-state index in [1.807, 2.05) is 0 Å². The Labute approximate surface area is 151 Å². The summed E-state index contributed by atoms with van der Waals surface area (Å²) in [7, 11) is 0. The summed E-state index contributed by atoms with van der Waals surface area (Å²) < 4.78 is 8.58. The lowest BCUT2D eigenvalue weighted by molar-refractivity contribution is -0.116. The molecule has 1 fully saturated rings. The Bertz CT molecular complexity index is 1020. The SMILES string of the molecule is Cc1c(C(C=O)C=O)nc2c3ncn([C@@H]4O[C@H](CO)[C@@H](O)[C@H]4O)c3ncn12. The van der Waals surface area contributed by atoms with Crippen molar-refractivity contribution in [3.05, 3.63) is 24.0 Å². The molecule has 1 aliphatic heterocycles. The van der Waals surface area contributed by atoms with Gasteiger partial charge in [-0.05, 0) is 6.92 Å². The molecule has 4 heterocycles. The number of hydrogen-bond donors (Lipinski definition) is 3. The van der Waals surface area contributed by atoms with E-state index < -0.39 is 37.1 Å². The van der Waals surface area contributed by atoms with E-state index in [2.05, 4.69) is 15.0 Å². The van der Waals surface area contributed by atoms with Gasteiger partial charge in [0.25, 0.3) is 0 Å². The molecule has 27 heavy (non-hydrogen) atoms. The van der Waals surface area contributed by atoms with E-state index in [-0.39, 0.29) is 0 Å². The van der Waals surface area contributed by atoms with Gasteiger partial charge in [-0.3, -0.25) is 8.97 Å². The van der Waals surface area contributed by atoms with Crippen LogP contribution in [0.25, 0.3) is 16.8 Å². The van der Waals surface area contributed by atoms with Gasteiger partial charge < -0.3 is 29.6 Å². The predicted molar refractivity (Wildman–Crippen MR) is 88.9 cm³/mol. The molecule has 0 radical (unpaired) electrons. The van der Waals surface area contributed by atoms with Crippen molar-refractivity contribution in [3.8, 4) is 0 Å². The molecule has 3 aromatic heterocycles. The van der Waals surface area contributed by atoms with E-state index in [1.165, 1.54) is 17.2 Å². The molecular weight excluding hydrogens is 358 g/mol.